The topological polar surface area (TPSA) is 15.6 Å². The lowest BCUT2D eigenvalue weighted by Crippen LogP contribution is -2.44. The summed E-state index contributed by atoms with van der Waals surface area (Å²) in [5.74, 6) is 2.99. The minimum absolute atomic E-state index is 0.453. The molecule has 1 saturated carbocycles. The second-order valence-corrected chi connectivity index (χ2v) is 15.6. The third kappa shape index (κ3) is 5.10. The van der Waals surface area contributed by atoms with Gasteiger partial charge < -0.3 is 4.90 Å². The van der Waals surface area contributed by atoms with E-state index < -0.39 is 0 Å². The fraction of sp³-hybridized carbons (Fsp3) is 0.558. The molecule has 2 heteroatoms. The molecule has 6 atom stereocenters. The van der Waals surface area contributed by atoms with Gasteiger partial charge in [0.25, 0.3) is 0 Å². The smallest absolute Gasteiger partial charge is 0.0652 e. The molecule has 0 aromatic rings. The van der Waals surface area contributed by atoms with Gasteiger partial charge in [0.2, 0.25) is 0 Å². The van der Waals surface area contributed by atoms with Crippen molar-refractivity contribution in [1.82, 2.24) is 4.90 Å². The molecule has 0 amide bonds. The van der Waals surface area contributed by atoms with Crippen LogP contribution in [-0.4, -0.2) is 22.7 Å². The van der Waals surface area contributed by atoms with Gasteiger partial charge in [-0.25, -0.2) is 0 Å². The second-order valence-electron chi connectivity index (χ2n) is 15.6. The minimum Gasteiger partial charge on any atom is -0.364 e. The number of rotatable bonds is 4. The van der Waals surface area contributed by atoms with Gasteiger partial charge in [-0.05, 0) is 154 Å². The third-order valence-electron chi connectivity index (χ3n) is 13.2. The van der Waals surface area contributed by atoms with E-state index in [1.807, 2.05) is 5.57 Å². The highest BCUT2D eigenvalue weighted by Gasteiger charge is 2.45. The molecule has 2 nitrogen and oxygen atoms in total. The zero-order valence-corrected chi connectivity index (χ0v) is 27.4. The predicted molar refractivity (Wildman–Crippen MR) is 188 cm³/mol. The molecule has 0 N–H and O–H groups in total. The summed E-state index contributed by atoms with van der Waals surface area (Å²) in [4.78, 5) is 8.76. The highest BCUT2D eigenvalue weighted by molar-refractivity contribution is 6.02. The van der Waals surface area contributed by atoms with Crippen LogP contribution in [0.25, 0.3) is 0 Å². The number of fused-ring (bicyclic) bond motifs is 4. The van der Waals surface area contributed by atoms with Crippen molar-refractivity contribution in [3.63, 3.8) is 0 Å². The fourth-order valence-electron chi connectivity index (χ4n) is 11.0. The van der Waals surface area contributed by atoms with Crippen molar-refractivity contribution < 1.29 is 0 Å². The molecular weight excluding hydrogens is 544 g/mol. The highest BCUT2D eigenvalue weighted by atomic mass is 15.2. The van der Waals surface area contributed by atoms with Gasteiger partial charge in [0.1, 0.15) is 0 Å². The van der Waals surface area contributed by atoms with Crippen molar-refractivity contribution in [2.45, 2.75) is 128 Å². The molecule has 2 heterocycles. The Balaban J connectivity index is 1.12. The first kappa shape index (κ1) is 28.4. The Morgan fingerprint density at radius 3 is 2.60 bits per heavy atom. The second kappa shape index (κ2) is 12.1. The Labute approximate surface area is 271 Å². The van der Waals surface area contributed by atoms with Crippen molar-refractivity contribution in [3.05, 3.63) is 106 Å². The molecule has 0 radical (unpaired) electrons. The van der Waals surface area contributed by atoms with E-state index in [1.54, 1.807) is 28.0 Å². The van der Waals surface area contributed by atoms with Gasteiger partial charge >= 0.3 is 0 Å². The summed E-state index contributed by atoms with van der Waals surface area (Å²) in [6.45, 7) is 0. The van der Waals surface area contributed by atoms with E-state index in [4.69, 9.17) is 4.99 Å². The van der Waals surface area contributed by atoms with Crippen LogP contribution in [0.1, 0.15) is 116 Å². The normalized spacial score (nSPS) is 35.9. The van der Waals surface area contributed by atoms with Crippen LogP contribution in [0.4, 0.5) is 0 Å². The molecule has 0 spiro atoms. The maximum atomic E-state index is 5.73. The molecule has 0 saturated heterocycles. The maximum absolute atomic E-state index is 5.73. The number of hydrogen-bond donors (Lipinski definition) is 0. The zero-order valence-electron chi connectivity index (χ0n) is 27.4. The van der Waals surface area contributed by atoms with E-state index >= 15 is 0 Å². The van der Waals surface area contributed by atoms with Crippen molar-refractivity contribution in [3.8, 4) is 0 Å². The molecule has 9 rings (SSSR count). The first-order valence-corrected chi connectivity index (χ1v) is 18.9. The Bertz CT molecular complexity index is 1540. The van der Waals surface area contributed by atoms with Crippen molar-refractivity contribution in [2.75, 3.05) is 0 Å². The van der Waals surface area contributed by atoms with Gasteiger partial charge in [-0.3, -0.25) is 4.99 Å². The largest absolute Gasteiger partial charge is 0.364 e. The molecule has 7 aliphatic carbocycles. The van der Waals surface area contributed by atoms with Crippen molar-refractivity contribution in [2.24, 2.45) is 28.7 Å². The maximum Gasteiger partial charge on any atom is 0.0652 e. The van der Waals surface area contributed by atoms with E-state index in [9.17, 15) is 0 Å². The van der Waals surface area contributed by atoms with Crippen molar-refractivity contribution >= 4 is 5.71 Å². The van der Waals surface area contributed by atoms with Gasteiger partial charge in [0.05, 0.1) is 11.7 Å². The minimum atomic E-state index is 0.453. The van der Waals surface area contributed by atoms with Crippen LogP contribution < -0.4 is 0 Å². The number of allylic oxidation sites excluding steroid dienone is 15. The lowest BCUT2D eigenvalue weighted by Gasteiger charge is -2.42. The van der Waals surface area contributed by atoms with E-state index in [1.165, 1.54) is 126 Å². The van der Waals surface area contributed by atoms with Crippen LogP contribution in [0.2, 0.25) is 0 Å². The van der Waals surface area contributed by atoms with Gasteiger partial charge in [0, 0.05) is 29.8 Å². The molecule has 9 aliphatic rings. The average Bonchev–Trinajstić information content (AvgIpc) is 3.46. The SMILES string of the molecule is C1=CCC(C2CC=C(C3=NC(C4=C5C=CCCC5=C5C=CCCC5C4)=CC(N4C5=C(CCCC5)C5CCCCC54)C3)CC2)C=C1. The molecule has 0 aromatic heterocycles. The van der Waals surface area contributed by atoms with E-state index in [2.05, 4.69) is 65.7 Å². The van der Waals surface area contributed by atoms with Gasteiger partial charge in [0.15, 0.2) is 0 Å². The van der Waals surface area contributed by atoms with Crippen LogP contribution >= 0.6 is 0 Å². The summed E-state index contributed by atoms with van der Waals surface area (Å²) in [5.41, 5.74) is 14.4. The number of nitrogens with zero attached hydrogens (tertiary/aromatic N) is 2. The fourth-order valence-corrected chi connectivity index (χ4v) is 11.0. The van der Waals surface area contributed by atoms with Gasteiger partial charge in [-0.1, -0.05) is 67.5 Å². The lowest BCUT2D eigenvalue weighted by molar-refractivity contribution is 0.160. The average molecular weight is 597 g/mol. The van der Waals surface area contributed by atoms with Crippen molar-refractivity contribution in [1.29, 1.82) is 0 Å². The Morgan fingerprint density at radius 2 is 1.69 bits per heavy atom. The van der Waals surface area contributed by atoms with Crippen LogP contribution in [-0.2, 0) is 0 Å². The van der Waals surface area contributed by atoms with Crippen LogP contribution in [0.15, 0.2) is 111 Å². The summed E-state index contributed by atoms with van der Waals surface area (Å²) in [6.07, 6.45) is 47.7. The molecule has 0 aromatic carbocycles. The van der Waals surface area contributed by atoms with Crippen LogP contribution in [0.5, 0.6) is 0 Å². The molecule has 2 aliphatic heterocycles. The molecule has 45 heavy (non-hydrogen) atoms. The summed E-state index contributed by atoms with van der Waals surface area (Å²) in [6, 6.07) is 1.18. The lowest BCUT2D eigenvalue weighted by atomic mass is 9.71. The van der Waals surface area contributed by atoms with E-state index in [0.29, 0.717) is 17.9 Å². The molecule has 234 valence electrons. The Hall–Kier alpha value is -2.87. The summed E-state index contributed by atoms with van der Waals surface area (Å²) < 4.78 is 0. The molecule has 0 bridgehead atoms. The molecule has 1 fully saturated rings. The number of aliphatic imine (C=N–C) groups is 1. The summed E-state index contributed by atoms with van der Waals surface area (Å²) >= 11 is 0. The van der Waals surface area contributed by atoms with Crippen LogP contribution in [0.3, 0.4) is 0 Å². The van der Waals surface area contributed by atoms with Crippen LogP contribution in [0, 0.1) is 23.7 Å². The predicted octanol–water partition coefficient (Wildman–Crippen LogP) is 11.0. The monoisotopic (exact) mass is 596 g/mol. The highest BCUT2D eigenvalue weighted by Crippen LogP contribution is 2.51. The van der Waals surface area contributed by atoms with E-state index in [0.717, 1.165) is 24.3 Å². The zero-order chi connectivity index (χ0) is 29.7. The quantitative estimate of drug-likeness (QED) is 0.315. The first-order valence-electron chi connectivity index (χ1n) is 18.9. The molecule has 6 unspecified atom stereocenters. The van der Waals surface area contributed by atoms with E-state index in [-0.39, 0.29) is 0 Å². The first-order chi connectivity index (χ1) is 22.3. The Morgan fingerprint density at radius 1 is 0.756 bits per heavy atom. The number of hydrogen-bond acceptors (Lipinski definition) is 2. The standard InChI is InChI=1S/C43H52N2/c1-2-12-29(13-3-1)30-22-24-31(25-23-30)40-27-33(45-42-20-10-8-18-37(42)38-19-9-11-21-43(38)45)28-41(44-40)39-26-32-14-4-5-15-34(32)35-16-6-7-17-36(35)39/h1-3,5,7,12,15,17,24,28-30,32-33,37,42H,4,6,8-11,13-14,16,18-23,25-27H2. The Kier molecular flexibility index (Phi) is 7.60. The van der Waals surface area contributed by atoms with Gasteiger partial charge in [-0.15, -0.1) is 0 Å². The van der Waals surface area contributed by atoms with Gasteiger partial charge in [-0.2, -0.15) is 0 Å². The summed E-state index contributed by atoms with van der Waals surface area (Å²) in [5, 5.41) is 0. The summed E-state index contributed by atoms with van der Waals surface area (Å²) in [7, 11) is 0. The third-order valence-corrected chi connectivity index (χ3v) is 13.2. The molecular formula is C43H52N2.